The number of hydrogen-bond acceptors (Lipinski definition) is 3. The van der Waals surface area contributed by atoms with Crippen LogP contribution in [0.4, 0.5) is 0 Å². The minimum atomic E-state index is 0.352. The molecule has 1 aliphatic rings. The third kappa shape index (κ3) is 3.00. The lowest BCUT2D eigenvalue weighted by atomic mass is 9.77. The summed E-state index contributed by atoms with van der Waals surface area (Å²) < 4.78 is 7.60. The van der Waals surface area contributed by atoms with Gasteiger partial charge in [-0.15, -0.1) is 0 Å². The van der Waals surface area contributed by atoms with E-state index in [0.29, 0.717) is 12.0 Å². The molecule has 114 valence electrons. The van der Waals surface area contributed by atoms with Crippen molar-refractivity contribution in [2.45, 2.75) is 58.5 Å². The van der Waals surface area contributed by atoms with Gasteiger partial charge in [-0.25, -0.2) is 0 Å². The predicted molar refractivity (Wildman–Crippen MR) is 82.0 cm³/mol. The smallest absolute Gasteiger partial charge is 0.161 e. The summed E-state index contributed by atoms with van der Waals surface area (Å²) in [6, 6.07) is 0.352. The van der Waals surface area contributed by atoms with E-state index in [2.05, 4.69) is 36.0 Å². The Bertz CT molecular complexity index is 386. The summed E-state index contributed by atoms with van der Waals surface area (Å²) in [5.74, 6) is 2.55. The normalized spacial score (nSPS) is 24.6. The maximum atomic E-state index is 5.52. The zero-order chi connectivity index (χ0) is 14.5. The molecule has 2 rings (SSSR count). The van der Waals surface area contributed by atoms with Crippen LogP contribution in [0.1, 0.15) is 57.7 Å². The fourth-order valence-corrected chi connectivity index (χ4v) is 3.63. The Morgan fingerprint density at radius 2 is 2.05 bits per heavy atom. The second-order valence-electron chi connectivity index (χ2n) is 5.87. The van der Waals surface area contributed by atoms with Gasteiger partial charge in [-0.05, 0) is 38.6 Å². The van der Waals surface area contributed by atoms with Crippen LogP contribution >= 0.6 is 0 Å². The Morgan fingerprint density at radius 3 is 2.55 bits per heavy atom. The van der Waals surface area contributed by atoms with Crippen molar-refractivity contribution < 1.29 is 4.74 Å². The molecule has 0 aliphatic heterocycles. The van der Waals surface area contributed by atoms with E-state index in [0.717, 1.165) is 18.2 Å². The number of rotatable bonds is 6. The van der Waals surface area contributed by atoms with Crippen LogP contribution in [-0.4, -0.2) is 23.9 Å². The standard InChI is InChI=1S/C16H29N3O/c1-5-12-7-9-13(10-8-12)15(17-3)16-14(20-4)11-18-19(16)6-2/h11-13,15,17H,5-10H2,1-4H3. The molecule has 4 nitrogen and oxygen atoms in total. The summed E-state index contributed by atoms with van der Waals surface area (Å²) in [6.45, 7) is 5.34. The van der Waals surface area contributed by atoms with E-state index in [4.69, 9.17) is 4.74 Å². The van der Waals surface area contributed by atoms with Crippen molar-refractivity contribution in [1.29, 1.82) is 0 Å². The highest BCUT2D eigenvalue weighted by Gasteiger charge is 2.31. The van der Waals surface area contributed by atoms with Gasteiger partial charge in [-0.2, -0.15) is 5.10 Å². The molecule has 4 heteroatoms. The molecule has 0 saturated heterocycles. The fraction of sp³-hybridized carbons (Fsp3) is 0.812. The molecule has 0 aromatic carbocycles. The summed E-state index contributed by atoms with van der Waals surface area (Å²) in [5, 5.41) is 7.97. The highest BCUT2D eigenvalue weighted by molar-refractivity contribution is 5.29. The predicted octanol–water partition coefficient (Wildman–Crippen LogP) is 3.39. The molecule has 0 spiro atoms. The first-order valence-electron chi connectivity index (χ1n) is 8.02. The maximum Gasteiger partial charge on any atom is 0.161 e. The highest BCUT2D eigenvalue weighted by atomic mass is 16.5. The maximum absolute atomic E-state index is 5.52. The number of nitrogens with one attached hydrogen (secondary N) is 1. The summed E-state index contributed by atoms with van der Waals surface area (Å²) in [6.07, 6.45) is 8.52. The molecule has 0 bridgehead atoms. The topological polar surface area (TPSA) is 39.1 Å². The van der Waals surface area contributed by atoms with Gasteiger partial charge in [-0.1, -0.05) is 26.2 Å². The third-order valence-corrected chi connectivity index (χ3v) is 4.91. The number of methoxy groups -OCH3 is 1. The van der Waals surface area contributed by atoms with Gasteiger partial charge >= 0.3 is 0 Å². The SMILES string of the molecule is CCC1CCC(C(NC)c2c(OC)cnn2CC)CC1. The minimum Gasteiger partial charge on any atom is -0.493 e. The van der Waals surface area contributed by atoms with E-state index in [1.54, 1.807) is 7.11 Å². The van der Waals surface area contributed by atoms with Crippen LogP contribution in [0.2, 0.25) is 0 Å². The first kappa shape index (κ1) is 15.4. The van der Waals surface area contributed by atoms with Crippen molar-refractivity contribution in [2.75, 3.05) is 14.2 Å². The van der Waals surface area contributed by atoms with E-state index in [-0.39, 0.29) is 0 Å². The van der Waals surface area contributed by atoms with E-state index in [1.165, 1.54) is 37.8 Å². The number of ether oxygens (including phenoxy) is 1. The Kier molecular flexibility index (Phi) is 5.46. The van der Waals surface area contributed by atoms with Gasteiger partial charge in [-0.3, -0.25) is 4.68 Å². The molecule has 1 aromatic heterocycles. The van der Waals surface area contributed by atoms with Crippen LogP contribution in [0.5, 0.6) is 5.75 Å². The Hall–Kier alpha value is -1.03. The fourth-order valence-electron chi connectivity index (χ4n) is 3.63. The zero-order valence-electron chi connectivity index (χ0n) is 13.4. The lowest BCUT2D eigenvalue weighted by Crippen LogP contribution is -2.31. The monoisotopic (exact) mass is 279 g/mol. The first-order valence-corrected chi connectivity index (χ1v) is 8.02. The molecule has 0 radical (unpaired) electrons. The molecular weight excluding hydrogens is 250 g/mol. The van der Waals surface area contributed by atoms with E-state index >= 15 is 0 Å². The van der Waals surface area contributed by atoms with Crippen LogP contribution in [0, 0.1) is 11.8 Å². The van der Waals surface area contributed by atoms with E-state index in [1.807, 2.05) is 6.20 Å². The molecular formula is C16H29N3O. The van der Waals surface area contributed by atoms with E-state index in [9.17, 15) is 0 Å². The minimum absolute atomic E-state index is 0.352. The Balaban J connectivity index is 2.18. The molecule has 1 unspecified atom stereocenters. The summed E-state index contributed by atoms with van der Waals surface area (Å²) in [4.78, 5) is 0. The van der Waals surface area contributed by atoms with Gasteiger partial charge in [0, 0.05) is 6.54 Å². The highest BCUT2D eigenvalue weighted by Crippen LogP contribution is 2.40. The largest absolute Gasteiger partial charge is 0.493 e. The average molecular weight is 279 g/mol. The summed E-state index contributed by atoms with van der Waals surface area (Å²) in [7, 11) is 3.80. The molecule has 1 atom stereocenters. The average Bonchev–Trinajstić information content (AvgIpc) is 2.91. The van der Waals surface area contributed by atoms with Gasteiger partial charge in [0.15, 0.2) is 5.75 Å². The molecule has 0 amide bonds. The third-order valence-electron chi connectivity index (χ3n) is 4.91. The second-order valence-corrected chi connectivity index (χ2v) is 5.87. The summed E-state index contributed by atoms with van der Waals surface area (Å²) in [5.41, 5.74) is 1.22. The van der Waals surface area contributed by atoms with Crippen molar-refractivity contribution in [3.05, 3.63) is 11.9 Å². The van der Waals surface area contributed by atoms with Gasteiger partial charge in [0.25, 0.3) is 0 Å². The summed E-state index contributed by atoms with van der Waals surface area (Å²) >= 11 is 0. The number of aromatic nitrogens is 2. The lowest BCUT2D eigenvalue weighted by Gasteiger charge is -2.34. The first-order chi connectivity index (χ1) is 9.74. The van der Waals surface area contributed by atoms with E-state index < -0.39 is 0 Å². The second kappa shape index (κ2) is 7.11. The quantitative estimate of drug-likeness (QED) is 0.867. The van der Waals surface area contributed by atoms with Crippen LogP contribution in [-0.2, 0) is 6.54 Å². The molecule has 20 heavy (non-hydrogen) atoms. The van der Waals surface area contributed by atoms with Gasteiger partial charge in [0.1, 0.15) is 0 Å². The van der Waals surface area contributed by atoms with Crippen molar-refractivity contribution in [3.8, 4) is 5.75 Å². The molecule has 1 aliphatic carbocycles. The molecule has 1 saturated carbocycles. The zero-order valence-corrected chi connectivity index (χ0v) is 13.4. The van der Waals surface area contributed by atoms with Gasteiger partial charge in [0.05, 0.1) is 25.0 Å². The molecule has 1 N–H and O–H groups in total. The van der Waals surface area contributed by atoms with Crippen LogP contribution < -0.4 is 10.1 Å². The van der Waals surface area contributed by atoms with Crippen molar-refractivity contribution in [2.24, 2.45) is 11.8 Å². The number of hydrogen-bond donors (Lipinski definition) is 1. The van der Waals surface area contributed by atoms with Crippen LogP contribution in [0.15, 0.2) is 6.20 Å². The Morgan fingerprint density at radius 1 is 1.35 bits per heavy atom. The van der Waals surface area contributed by atoms with Gasteiger partial charge in [0.2, 0.25) is 0 Å². The number of aryl methyl sites for hydroxylation is 1. The van der Waals surface area contributed by atoms with Crippen molar-refractivity contribution >= 4 is 0 Å². The van der Waals surface area contributed by atoms with Crippen LogP contribution in [0.3, 0.4) is 0 Å². The van der Waals surface area contributed by atoms with Crippen molar-refractivity contribution in [1.82, 2.24) is 15.1 Å². The molecule has 1 heterocycles. The van der Waals surface area contributed by atoms with Crippen molar-refractivity contribution in [3.63, 3.8) is 0 Å². The van der Waals surface area contributed by atoms with Crippen LogP contribution in [0.25, 0.3) is 0 Å². The van der Waals surface area contributed by atoms with Gasteiger partial charge < -0.3 is 10.1 Å². The lowest BCUT2D eigenvalue weighted by molar-refractivity contribution is 0.215. The Labute approximate surface area is 122 Å². The molecule has 1 aromatic rings. The number of nitrogens with zero attached hydrogens (tertiary/aromatic N) is 2. The molecule has 1 fully saturated rings.